The fraction of sp³-hybridized carbons (Fsp3) is 0. The van der Waals surface area contributed by atoms with Crippen LogP contribution >= 0.6 is 0 Å². The summed E-state index contributed by atoms with van der Waals surface area (Å²) in [5.41, 5.74) is -3.15. The van der Waals surface area contributed by atoms with Gasteiger partial charge < -0.3 is 40.9 Å². The molecule has 4 rings (SSSR count). The van der Waals surface area contributed by atoms with E-state index in [4.69, 9.17) is 35.7 Å². The van der Waals surface area contributed by atoms with E-state index < -0.39 is 92.3 Å². The molecule has 0 radical (unpaired) electrons. The Kier molecular flexibility index (Phi) is 10.4. The van der Waals surface area contributed by atoms with Gasteiger partial charge in [0.05, 0.1) is 44.5 Å². The van der Waals surface area contributed by atoms with Gasteiger partial charge in [0, 0.05) is 0 Å². The van der Waals surface area contributed by atoms with Gasteiger partial charge in [-0.2, -0.15) is 0 Å². The first kappa shape index (κ1) is 35.1. The van der Waals surface area contributed by atoms with Gasteiger partial charge in [-0.3, -0.25) is 0 Å². The highest BCUT2D eigenvalue weighted by molar-refractivity contribution is 6.08. The molecule has 8 N–H and O–H groups in total. The molecule has 4 aromatic rings. The Bertz CT molecular complexity index is 1970. The predicted molar refractivity (Wildman–Crippen MR) is 159 cm³/mol. The van der Waals surface area contributed by atoms with Crippen molar-refractivity contribution in [1.82, 2.24) is 0 Å². The van der Waals surface area contributed by atoms with Crippen LogP contribution in [0.15, 0.2) is 72.8 Å². The monoisotopic (exact) mass is 660 g/mol. The van der Waals surface area contributed by atoms with Crippen LogP contribution < -0.4 is 0 Å². The molecule has 4 aromatic carbocycles. The first-order chi connectivity index (χ1) is 22.5. The average molecular weight is 660 g/mol. The third-order valence-electron chi connectivity index (χ3n) is 6.59. The highest BCUT2D eigenvalue weighted by Crippen LogP contribution is 2.29. The maximum absolute atomic E-state index is 11.4. The van der Waals surface area contributed by atoms with Crippen LogP contribution in [0.5, 0.6) is 0 Å². The van der Waals surface area contributed by atoms with Crippen LogP contribution in [0.3, 0.4) is 0 Å². The minimum absolute atomic E-state index is 0.0261. The van der Waals surface area contributed by atoms with E-state index in [0.717, 1.165) is 42.5 Å². The van der Waals surface area contributed by atoms with Crippen LogP contribution in [-0.4, -0.2) is 88.6 Å². The second-order valence-corrected chi connectivity index (χ2v) is 9.45. The van der Waals surface area contributed by atoms with Gasteiger partial charge in [-0.25, -0.2) is 38.4 Å². The number of hydrogen-bond acceptors (Lipinski definition) is 8. The zero-order valence-electron chi connectivity index (χ0n) is 23.8. The topological polar surface area (TPSA) is 298 Å². The van der Waals surface area contributed by atoms with E-state index in [0.29, 0.717) is 0 Å². The Balaban J connectivity index is 0.000000260. The van der Waals surface area contributed by atoms with Crippen LogP contribution in [0.4, 0.5) is 0 Å². The minimum Gasteiger partial charge on any atom is -0.478 e. The molecular formula is C32H20O16. The van der Waals surface area contributed by atoms with Crippen molar-refractivity contribution in [3.05, 3.63) is 117 Å². The zero-order valence-corrected chi connectivity index (χ0v) is 23.8. The molecule has 0 unspecified atom stereocenters. The van der Waals surface area contributed by atoms with Gasteiger partial charge in [0.2, 0.25) is 0 Å². The van der Waals surface area contributed by atoms with E-state index in [2.05, 4.69) is 0 Å². The first-order valence-electron chi connectivity index (χ1n) is 12.9. The SMILES string of the molecule is O=C(O)c1ccc(-c2ccc(C(=O)O)c(C(=O)O)c2)cc1C(=O)O.O=C(O)c1ccc(-c2cccc(C(=O)O)c2C(=O)O)cc1C(=O)O. The third-order valence-corrected chi connectivity index (χ3v) is 6.59. The molecule has 0 fully saturated rings. The standard InChI is InChI=1S/2C16H10O8/c17-13(18)9-3-1-7(5-11(9)15(21)22)8-2-4-10(14(19)20)12(6-8)16(23)24;17-13(18)9-5-4-7(6-11(9)15(21)22)8-2-1-3-10(14(19)20)12(8)16(23)24/h2*1-6H,(H,17,18)(H,19,20)(H,21,22)(H,23,24). The molecule has 16 heteroatoms. The third kappa shape index (κ3) is 7.46. The van der Waals surface area contributed by atoms with Crippen molar-refractivity contribution in [2.24, 2.45) is 0 Å². The average Bonchev–Trinajstić information content (AvgIpc) is 3.03. The molecule has 0 amide bonds. The van der Waals surface area contributed by atoms with Crippen molar-refractivity contribution in [3.63, 3.8) is 0 Å². The molecule has 244 valence electrons. The lowest BCUT2D eigenvalue weighted by atomic mass is 9.93. The van der Waals surface area contributed by atoms with Crippen LogP contribution in [0.25, 0.3) is 22.3 Å². The fourth-order valence-electron chi connectivity index (χ4n) is 4.45. The van der Waals surface area contributed by atoms with Gasteiger partial charge in [0.15, 0.2) is 0 Å². The maximum Gasteiger partial charge on any atom is 0.337 e. The molecule has 0 bridgehead atoms. The summed E-state index contributed by atoms with van der Waals surface area (Å²) in [5, 5.41) is 72.7. The number of carbonyl (C=O) groups is 8. The molecule has 0 heterocycles. The lowest BCUT2D eigenvalue weighted by molar-refractivity contribution is 0.0651. The summed E-state index contributed by atoms with van der Waals surface area (Å²) >= 11 is 0. The number of benzene rings is 4. The number of rotatable bonds is 10. The Morgan fingerprint density at radius 1 is 0.312 bits per heavy atom. The number of aromatic carboxylic acids is 8. The van der Waals surface area contributed by atoms with E-state index in [1.165, 1.54) is 30.3 Å². The highest BCUT2D eigenvalue weighted by Gasteiger charge is 2.24. The van der Waals surface area contributed by atoms with Gasteiger partial charge in [-0.15, -0.1) is 0 Å². The molecule has 0 aliphatic heterocycles. The normalized spacial score (nSPS) is 10.2. The van der Waals surface area contributed by atoms with Crippen LogP contribution in [0.2, 0.25) is 0 Å². The largest absolute Gasteiger partial charge is 0.478 e. The summed E-state index contributed by atoms with van der Waals surface area (Å²) in [5.74, 6) is -11.6. The second kappa shape index (κ2) is 14.2. The van der Waals surface area contributed by atoms with Crippen LogP contribution in [0.1, 0.15) is 82.9 Å². The van der Waals surface area contributed by atoms with Crippen molar-refractivity contribution < 1.29 is 79.2 Å². The number of carboxylic acid groups (broad SMARTS) is 8. The molecule has 48 heavy (non-hydrogen) atoms. The molecule has 0 spiro atoms. The van der Waals surface area contributed by atoms with Crippen molar-refractivity contribution in [2.45, 2.75) is 0 Å². The first-order valence-corrected chi connectivity index (χ1v) is 12.9. The molecular weight excluding hydrogens is 640 g/mol. The van der Waals surface area contributed by atoms with Gasteiger partial charge in [0.25, 0.3) is 0 Å². The lowest BCUT2D eigenvalue weighted by Gasteiger charge is -2.11. The van der Waals surface area contributed by atoms with Crippen molar-refractivity contribution >= 4 is 47.8 Å². The predicted octanol–water partition coefficient (Wildman–Crippen LogP) is 4.29. The Hall–Kier alpha value is -7.36. The van der Waals surface area contributed by atoms with E-state index in [-0.39, 0.29) is 22.3 Å². The molecule has 0 atom stereocenters. The van der Waals surface area contributed by atoms with Crippen molar-refractivity contribution in [2.75, 3.05) is 0 Å². The van der Waals surface area contributed by atoms with Crippen LogP contribution in [0, 0.1) is 0 Å². The second-order valence-electron chi connectivity index (χ2n) is 9.45. The van der Waals surface area contributed by atoms with E-state index in [1.54, 1.807) is 0 Å². The Morgan fingerprint density at radius 3 is 0.938 bits per heavy atom. The summed E-state index contributed by atoms with van der Waals surface area (Å²) in [7, 11) is 0. The van der Waals surface area contributed by atoms with Crippen LogP contribution in [-0.2, 0) is 0 Å². The molecule has 0 saturated carbocycles. The van der Waals surface area contributed by atoms with Gasteiger partial charge in [-0.1, -0.05) is 30.3 Å². The summed E-state index contributed by atoms with van der Waals surface area (Å²) in [4.78, 5) is 89.4. The Morgan fingerprint density at radius 2 is 0.625 bits per heavy atom. The number of hydrogen-bond donors (Lipinski definition) is 8. The molecule has 0 aromatic heterocycles. The van der Waals surface area contributed by atoms with E-state index >= 15 is 0 Å². The van der Waals surface area contributed by atoms with Gasteiger partial charge in [-0.05, 0) is 64.7 Å². The van der Waals surface area contributed by atoms with Crippen molar-refractivity contribution in [1.29, 1.82) is 0 Å². The number of carboxylic acids is 8. The fourth-order valence-corrected chi connectivity index (χ4v) is 4.45. The van der Waals surface area contributed by atoms with Crippen molar-refractivity contribution in [3.8, 4) is 22.3 Å². The summed E-state index contributed by atoms with van der Waals surface area (Å²) < 4.78 is 0. The van der Waals surface area contributed by atoms with Gasteiger partial charge >= 0.3 is 47.8 Å². The molecule has 16 nitrogen and oxygen atoms in total. The Labute approximate surface area is 266 Å². The highest BCUT2D eigenvalue weighted by atomic mass is 16.4. The summed E-state index contributed by atoms with van der Waals surface area (Å²) in [6.45, 7) is 0. The molecule has 0 aliphatic carbocycles. The maximum atomic E-state index is 11.4. The quantitative estimate of drug-likeness (QED) is 0.118. The van der Waals surface area contributed by atoms with E-state index in [1.807, 2.05) is 0 Å². The summed E-state index contributed by atoms with van der Waals surface area (Å²) in [6.07, 6.45) is 0. The zero-order chi connectivity index (χ0) is 36.0. The molecule has 0 aliphatic rings. The van der Waals surface area contributed by atoms with Gasteiger partial charge in [0.1, 0.15) is 0 Å². The minimum atomic E-state index is -1.50. The smallest absolute Gasteiger partial charge is 0.337 e. The lowest BCUT2D eigenvalue weighted by Crippen LogP contribution is -2.11. The molecule has 0 saturated heterocycles. The van der Waals surface area contributed by atoms with E-state index in [9.17, 15) is 43.5 Å². The summed E-state index contributed by atoms with van der Waals surface area (Å²) in [6, 6.07) is 14.0.